The number of hydrogen-bond donors (Lipinski definition) is 0. The molecule has 2 heteroatoms. The van der Waals surface area contributed by atoms with Crippen LogP contribution in [0.15, 0.2) is 91.0 Å². The molecule has 0 amide bonds. The summed E-state index contributed by atoms with van der Waals surface area (Å²) in [6.45, 7) is 45.6. The van der Waals surface area contributed by atoms with E-state index in [1.54, 1.807) is 5.56 Å². The highest BCUT2D eigenvalue weighted by molar-refractivity contribution is 5.43. The van der Waals surface area contributed by atoms with Crippen LogP contribution in [0, 0.1) is 41.5 Å². The van der Waals surface area contributed by atoms with Crippen LogP contribution in [-0.4, -0.2) is 13.2 Å². The zero-order chi connectivity index (χ0) is 47.1. The van der Waals surface area contributed by atoms with Crippen molar-refractivity contribution in [2.45, 2.75) is 195 Å². The fourth-order valence-corrected chi connectivity index (χ4v) is 8.91. The first kappa shape index (κ1) is 58.7. The molecule has 0 bridgehead atoms. The molecular weight excluding hydrogens is 765 g/mol. The van der Waals surface area contributed by atoms with Gasteiger partial charge in [0.25, 0.3) is 0 Å². The highest BCUT2D eigenvalue weighted by Crippen LogP contribution is 2.31. The molecule has 0 N–H and O–H groups in total. The Kier molecular flexibility index (Phi) is 28.6. The van der Waals surface area contributed by atoms with Crippen molar-refractivity contribution < 1.29 is 9.47 Å². The number of benzene rings is 5. The highest BCUT2D eigenvalue weighted by atomic mass is 16.5. The second kappa shape index (κ2) is 30.7. The van der Waals surface area contributed by atoms with Gasteiger partial charge in [0, 0.05) is 0 Å². The van der Waals surface area contributed by atoms with Crippen LogP contribution in [-0.2, 0) is 12.8 Å². The van der Waals surface area contributed by atoms with Crippen LogP contribution >= 0.6 is 0 Å². The maximum absolute atomic E-state index is 5.73. The van der Waals surface area contributed by atoms with E-state index in [1.807, 2.05) is 19.1 Å². The lowest BCUT2D eigenvalue weighted by molar-refractivity contribution is 0.312. The molecule has 0 fully saturated rings. The minimum atomic E-state index is 0. The van der Waals surface area contributed by atoms with Gasteiger partial charge in [0.2, 0.25) is 0 Å². The van der Waals surface area contributed by atoms with Crippen molar-refractivity contribution in [1.29, 1.82) is 0 Å². The molecule has 0 heterocycles. The third kappa shape index (κ3) is 19.1. The van der Waals surface area contributed by atoms with Crippen molar-refractivity contribution in [1.82, 2.24) is 0 Å². The Bertz CT molecular complexity index is 1890. The maximum Gasteiger partial charge on any atom is 0.122 e. The lowest BCUT2D eigenvalue weighted by atomic mass is 9.90. The van der Waals surface area contributed by atoms with E-state index in [-0.39, 0.29) is 7.43 Å². The van der Waals surface area contributed by atoms with Gasteiger partial charge in [-0.25, -0.2) is 0 Å². The molecule has 0 radical (unpaired) electrons. The number of ether oxygens (including phenoxy) is 2. The molecule has 0 spiro atoms. The largest absolute Gasteiger partial charge is 0.494 e. The summed E-state index contributed by atoms with van der Waals surface area (Å²) in [5.41, 5.74) is 18.6. The van der Waals surface area contributed by atoms with Crippen LogP contribution in [0.4, 0.5) is 0 Å². The van der Waals surface area contributed by atoms with E-state index in [1.165, 1.54) is 66.8 Å². The maximum atomic E-state index is 5.73. The first-order valence-corrected chi connectivity index (χ1v) is 24.0. The number of hydrogen-bond acceptors (Lipinski definition) is 2. The first-order chi connectivity index (χ1) is 29.3. The second-order valence-corrected chi connectivity index (χ2v) is 18.3. The van der Waals surface area contributed by atoms with Gasteiger partial charge < -0.3 is 9.47 Å². The Balaban J connectivity index is 0.000000762. The molecule has 0 aliphatic rings. The van der Waals surface area contributed by atoms with Gasteiger partial charge in [-0.15, -0.1) is 0 Å². The van der Waals surface area contributed by atoms with Gasteiger partial charge in [0.05, 0.1) is 13.2 Å². The molecule has 5 rings (SSSR count). The zero-order valence-electron chi connectivity index (χ0n) is 43.4. The molecule has 0 unspecified atom stereocenters. The molecule has 0 aliphatic heterocycles. The molecule has 5 aromatic rings. The molecule has 2 nitrogen and oxygen atoms in total. The molecule has 0 aromatic heterocycles. The summed E-state index contributed by atoms with van der Waals surface area (Å²) in [5, 5.41) is 0. The van der Waals surface area contributed by atoms with Crippen molar-refractivity contribution in [3.05, 3.63) is 163 Å². The van der Waals surface area contributed by atoms with E-state index in [9.17, 15) is 0 Å². The molecule has 0 atom stereocenters. The molecule has 63 heavy (non-hydrogen) atoms. The third-order valence-corrected chi connectivity index (χ3v) is 11.3. The van der Waals surface area contributed by atoms with E-state index >= 15 is 0 Å². The number of aryl methyl sites for hydroxylation is 8. The standard InChI is InChI=1S/C13H20O.C13H20.C12H18O.2C11H16.CH4/c1-5-9-14-12-8-6-7-11(4)13(12)10(2)3;1-5-11-8-7-9-12(6-2)13(11)10(3)4;1-5-13-11-8-6-7-10(4)12(11)9(2)3;2*1-8(2)11-9(3)6-5-7-10(11)4;/h6-8,10H,5,9H2,1-4H3;7-10H,5-6H2,1-4H3;6-9H,5H2,1-4H3;2*5-8H,1-4H3;1H4. The first-order valence-electron chi connectivity index (χ1n) is 24.0. The Morgan fingerprint density at radius 1 is 0.349 bits per heavy atom. The average molecular weight is 859 g/mol. The molecular formula is C61H94O2. The third-order valence-electron chi connectivity index (χ3n) is 11.3. The summed E-state index contributed by atoms with van der Waals surface area (Å²) in [4.78, 5) is 0. The lowest BCUT2D eigenvalue weighted by Gasteiger charge is -2.16. The van der Waals surface area contributed by atoms with Crippen LogP contribution in [0.1, 0.15) is 213 Å². The zero-order valence-corrected chi connectivity index (χ0v) is 43.4. The van der Waals surface area contributed by atoms with Gasteiger partial charge in [-0.1, -0.05) is 176 Å². The van der Waals surface area contributed by atoms with E-state index in [2.05, 4.69) is 210 Å². The van der Waals surface area contributed by atoms with Crippen molar-refractivity contribution in [3.63, 3.8) is 0 Å². The number of rotatable bonds is 12. The van der Waals surface area contributed by atoms with Gasteiger partial charge in [-0.05, 0) is 182 Å². The summed E-state index contributed by atoms with van der Waals surface area (Å²) in [6.07, 6.45) is 3.37. The van der Waals surface area contributed by atoms with Gasteiger partial charge >= 0.3 is 0 Å². The van der Waals surface area contributed by atoms with E-state index in [0.717, 1.165) is 44.0 Å². The Labute approximate surface area is 390 Å². The Morgan fingerprint density at radius 3 is 0.873 bits per heavy atom. The van der Waals surface area contributed by atoms with E-state index in [0.29, 0.717) is 29.6 Å². The Morgan fingerprint density at radius 2 is 0.619 bits per heavy atom. The molecule has 0 aliphatic carbocycles. The lowest BCUT2D eigenvalue weighted by Crippen LogP contribution is -2.01. The minimum absolute atomic E-state index is 0. The molecule has 350 valence electrons. The minimum Gasteiger partial charge on any atom is -0.494 e. The second-order valence-electron chi connectivity index (χ2n) is 18.3. The monoisotopic (exact) mass is 859 g/mol. The van der Waals surface area contributed by atoms with Gasteiger partial charge in [-0.2, -0.15) is 0 Å². The predicted molar refractivity (Wildman–Crippen MR) is 284 cm³/mol. The topological polar surface area (TPSA) is 18.5 Å². The normalized spacial score (nSPS) is 10.5. The summed E-state index contributed by atoms with van der Waals surface area (Å²) in [6, 6.07) is 32.2. The highest BCUT2D eigenvalue weighted by Gasteiger charge is 2.12. The van der Waals surface area contributed by atoms with Crippen LogP contribution in [0.3, 0.4) is 0 Å². The van der Waals surface area contributed by atoms with Gasteiger partial charge in [0.1, 0.15) is 11.5 Å². The van der Waals surface area contributed by atoms with E-state index in [4.69, 9.17) is 9.47 Å². The summed E-state index contributed by atoms with van der Waals surface area (Å²) in [5.74, 6) is 5.11. The SMILES string of the molecule is C.CCCOc1cccc(C)c1C(C)C.CCOc1cccc(C)c1C(C)C.CCc1cccc(CC)c1C(C)C.Cc1cccc(C)c1C(C)C.Cc1cccc(C)c1C(C)C. The fraction of sp³-hybridized carbons (Fsp3) is 0.508. The predicted octanol–water partition coefficient (Wildman–Crippen LogP) is 18.8. The van der Waals surface area contributed by atoms with Crippen LogP contribution in [0.2, 0.25) is 0 Å². The van der Waals surface area contributed by atoms with Crippen LogP contribution in [0.25, 0.3) is 0 Å². The smallest absolute Gasteiger partial charge is 0.122 e. The van der Waals surface area contributed by atoms with E-state index < -0.39 is 0 Å². The van der Waals surface area contributed by atoms with Crippen molar-refractivity contribution >= 4 is 0 Å². The van der Waals surface area contributed by atoms with Crippen LogP contribution in [0.5, 0.6) is 11.5 Å². The van der Waals surface area contributed by atoms with Gasteiger partial charge in [-0.3, -0.25) is 0 Å². The molecule has 5 aromatic carbocycles. The van der Waals surface area contributed by atoms with Crippen molar-refractivity contribution in [2.75, 3.05) is 13.2 Å². The van der Waals surface area contributed by atoms with Crippen LogP contribution < -0.4 is 9.47 Å². The summed E-state index contributed by atoms with van der Waals surface area (Å²) >= 11 is 0. The average Bonchev–Trinajstić information content (AvgIpc) is 3.20. The quantitative estimate of drug-likeness (QED) is 0.124. The van der Waals surface area contributed by atoms with Gasteiger partial charge in [0.15, 0.2) is 0 Å². The van der Waals surface area contributed by atoms with Crippen molar-refractivity contribution in [3.8, 4) is 11.5 Å². The molecule has 0 saturated heterocycles. The fourth-order valence-electron chi connectivity index (χ4n) is 8.91. The summed E-state index contributed by atoms with van der Waals surface area (Å²) < 4.78 is 11.3. The Hall–Kier alpha value is -4.30. The molecule has 0 saturated carbocycles. The van der Waals surface area contributed by atoms with Crippen molar-refractivity contribution in [2.24, 2.45) is 0 Å². The summed E-state index contributed by atoms with van der Waals surface area (Å²) in [7, 11) is 0.